The average molecular weight is 435 g/mol. The highest BCUT2D eigenvalue weighted by molar-refractivity contribution is 7.99. The van der Waals surface area contributed by atoms with E-state index in [1.54, 1.807) is 16.8 Å². The molecule has 0 aliphatic heterocycles. The Bertz CT molecular complexity index is 1110. The molecule has 30 heavy (non-hydrogen) atoms. The van der Waals surface area contributed by atoms with Gasteiger partial charge in [-0.3, -0.25) is 4.79 Å². The highest BCUT2D eigenvalue weighted by Crippen LogP contribution is 2.25. The molecule has 4 rings (SSSR count). The summed E-state index contributed by atoms with van der Waals surface area (Å²) < 4.78 is 1.80. The molecule has 5 nitrogen and oxygen atoms in total. The molecule has 3 aromatic carbocycles. The van der Waals surface area contributed by atoms with Crippen molar-refractivity contribution in [2.75, 3.05) is 11.1 Å². The SMILES string of the molecule is Cc1cc(Cl)ccc1NC(=O)CSc1nc(-c2ccccc2)n(-c2ccccc2)n1. The van der Waals surface area contributed by atoms with Gasteiger partial charge in [0.1, 0.15) is 0 Å². The number of carbonyl (C=O) groups is 1. The minimum Gasteiger partial charge on any atom is -0.325 e. The molecule has 0 radical (unpaired) electrons. The van der Waals surface area contributed by atoms with Gasteiger partial charge >= 0.3 is 0 Å². The van der Waals surface area contributed by atoms with Crippen molar-refractivity contribution < 1.29 is 4.79 Å². The van der Waals surface area contributed by atoms with Gasteiger partial charge in [-0.15, -0.1) is 5.10 Å². The van der Waals surface area contributed by atoms with Crippen LogP contribution in [0.2, 0.25) is 5.02 Å². The highest BCUT2D eigenvalue weighted by Gasteiger charge is 2.15. The third-order valence-electron chi connectivity index (χ3n) is 4.42. The van der Waals surface area contributed by atoms with Crippen molar-refractivity contribution in [2.24, 2.45) is 0 Å². The fourth-order valence-corrected chi connectivity index (χ4v) is 3.81. The molecule has 0 aliphatic rings. The Hall–Kier alpha value is -3.09. The first-order valence-electron chi connectivity index (χ1n) is 9.37. The van der Waals surface area contributed by atoms with E-state index in [9.17, 15) is 4.79 Å². The van der Waals surface area contributed by atoms with Crippen molar-refractivity contribution in [3.05, 3.63) is 89.4 Å². The third kappa shape index (κ3) is 4.72. The monoisotopic (exact) mass is 434 g/mol. The molecular weight excluding hydrogens is 416 g/mol. The maximum Gasteiger partial charge on any atom is 0.234 e. The Morgan fingerprint density at radius 2 is 1.73 bits per heavy atom. The van der Waals surface area contributed by atoms with Crippen LogP contribution in [0.15, 0.2) is 84.0 Å². The standard InChI is InChI=1S/C23H19ClN4OS/c1-16-14-18(24)12-13-20(16)25-21(29)15-30-23-26-22(17-8-4-2-5-9-17)28(27-23)19-10-6-3-7-11-19/h2-14H,15H2,1H3,(H,25,29). The van der Waals surface area contributed by atoms with Crippen LogP contribution in [-0.4, -0.2) is 26.4 Å². The summed E-state index contributed by atoms with van der Waals surface area (Å²) in [5.74, 6) is 0.816. The molecule has 0 bridgehead atoms. The molecule has 150 valence electrons. The van der Waals surface area contributed by atoms with Gasteiger partial charge in [-0.05, 0) is 42.8 Å². The van der Waals surface area contributed by atoms with Crippen LogP contribution in [0.4, 0.5) is 5.69 Å². The van der Waals surface area contributed by atoms with Gasteiger partial charge in [0.2, 0.25) is 11.1 Å². The number of nitrogens with one attached hydrogen (secondary N) is 1. The van der Waals surface area contributed by atoms with Crippen LogP contribution in [0.25, 0.3) is 17.1 Å². The van der Waals surface area contributed by atoms with Gasteiger partial charge in [-0.2, -0.15) is 0 Å². The molecule has 1 amide bonds. The van der Waals surface area contributed by atoms with Crippen LogP contribution in [0.3, 0.4) is 0 Å². The number of carbonyl (C=O) groups excluding carboxylic acids is 1. The summed E-state index contributed by atoms with van der Waals surface area (Å²) >= 11 is 7.28. The molecule has 0 saturated carbocycles. The van der Waals surface area contributed by atoms with Gasteiger partial charge in [0.25, 0.3) is 0 Å². The predicted octanol–water partition coefficient (Wildman–Crippen LogP) is 5.63. The molecule has 0 spiro atoms. The van der Waals surface area contributed by atoms with Gasteiger partial charge in [-0.25, -0.2) is 9.67 Å². The molecule has 1 heterocycles. The number of aromatic nitrogens is 3. The van der Waals surface area contributed by atoms with E-state index < -0.39 is 0 Å². The summed E-state index contributed by atoms with van der Waals surface area (Å²) in [5, 5.41) is 8.73. The van der Waals surface area contributed by atoms with E-state index in [0.717, 1.165) is 28.3 Å². The van der Waals surface area contributed by atoms with Crippen LogP contribution >= 0.6 is 23.4 Å². The van der Waals surface area contributed by atoms with Crippen molar-refractivity contribution in [3.8, 4) is 17.1 Å². The second-order valence-corrected chi connectivity index (χ2v) is 8.01. The number of nitrogens with zero attached hydrogens (tertiary/aromatic N) is 3. The lowest BCUT2D eigenvalue weighted by molar-refractivity contribution is -0.113. The topological polar surface area (TPSA) is 59.8 Å². The van der Waals surface area contributed by atoms with Crippen molar-refractivity contribution in [1.29, 1.82) is 0 Å². The number of para-hydroxylation sites is 1. The maximum absolute atomic E-state index is 12.4. The highest BCUT2D eigenvalue weighted by atomic mass is 35.5. The first-order chi connectivity index (χ1) is 14.6. The zero-order valence-corrected chi connectivity index (χ0v) is 17.8. The van der Waals surface area contributed by atoms with Crippen molar-refractivity contribution in [2.45, 2.75) is 12.1 Å². The first-order valence-corrected chi connectivity index (χ1v) is 10.7. The number of anilines is 1. The van der Waals surface area contributed by atoms with Gasteiger partial charge in [0.05, 0.1) is 11.4 Å². The van der Waals surface area contributed by atoms with E-state index in [1.807, 2.05) is 73.7 Å². The molecule has 1 aromatic heterocycles. The zero-order chi connectivity index (χ0) is 20.9. The summed E-state index contributed by atoms with van der Waals surface area (Å²) in [4.78, 5) is 17.1. The second kappa shape index (κ2) is 9.15. The lowest BCUT2D eigenvalue weighted by atomic mass is 10.2. The number of amides is 1. The van der Waals surface area contributed by atoms with Gasteiger partial charge in [0.15, 0.2) is 5.82 Å². The van der Waals surface area contributed by atoms with Crippen molar-refractivity contribution in [1.82, 2.24) is 14.8 Å². The summed E-state index contributed by atoms with van der Waals surface area (Å²) in [6.45, 7) is 1.91. The zero-order valence-electron chi connectivity index (χ0n) is 16.2. The number of hydrogen-bond acceptors (Lipinski definition) is 4. The number of rotatable bonds is 6. The molecular formula is C23H19ClN4OS. The summed E-state index contributed by atoms with van der Waals surface area (Å²) in [6.07, 6.45) is 0. The first kappa shape index (κ1) is 20.2. The van der Waals surface area contributed by atoms with Gasteiger partial charge in [0, 0.05) is 16.3 Å². The molecule has 0 saturated heterocycles. The smallest absolute Gasteiger partial charge is 0.234 e. The molecule has 7 heteroatoms. The number of benzene rings is 3. The lowest BCUT2D eigenvalue weighted by Gasteiger charge is -2.07. The van der Waals surface area contributed by atoms with Crippen LogP contribution < -0.4 is 5.32 Å². The Labute approximate surface area is 184 Å². The largest absolute Gasteiger partial charge is 0.325 e. The van der Waals surface area contributed by atoms with E-state index in [1.165, 1.54) is 11.8 Å². The van der Waals surface area contributed by atoms with Gasteiger partial charge < -0.3 is 5.32 Å². The molecule has 0 unspecified atom stereocenters. The number of hydrogen-bond donors (Lipinski definition) is 1. The average Bonchev–Trinajstić information content (AvgIpc) is 3.20. The predicted molar refractivity (Wildman–Crippen MR) is 122 cm³/mol. The van der Waals surface area contributed by atoms with Crippen LogP contribution in [0, 0.1) is 6.92 Å². The second-order valence-electron chi connectivity index (χ2n) is 6.63. The maximum atomic E-state index is 12.4. The van der Waals surface area contributed by atoms with E-state index >= 15 is 0 Å². The Kier molecular flexibility index (Phi) is 6.16. The number of thioether (sulfide) groups is 1. The normalized spacial score (nSPS) is 10.7. The van der Waals surface area contributed by atoms with E-state index in [0.29, 0.717) is 10.2 Å². The van der Waals surface area contributed by atoms with E-state index in [-0.39, 0.29) is 11.7 Å². The summed E-state index contributed by atoms with van der Waals surface area (Å²) in [6, 6.07) is 25.1. The molecule has 0 aliphatic carbocycles. The number of halogens is 1. The summed E-state index contributed by atoms with van der Waals surface area (Å²) in [5.41, 5.74) is 3.54. The Morgan fingerprint density at radius 3 is 2.43 bits per heavy atom. The fraction of sp³-hybridized carbons (Fsp3) is 0.0870. The van der Waals surface area contributed by atoms with Gasteiger partial charge in [-0.1, -0.05) is 71.9 Å². The van der Waals surface area contributed by atoms with Crippen LogP contribution in [-0.2, 0) is 4.79 Å². The fourth-order valence-electron chi connectivity index (χ4n) is 2.96. The van der Waals surface area contributed by atoms with Crippen LogP contribution in [0.1, 0.15) is 5.56 Å². The third-order valence-corrected chi connectivity index (χ3v) is 5.49. The minimum absolute atomic E-state index is 0.122. The molecule has 0 atom stereocenters. The molecule has 1 N–H and O–H groups in total. The quantitative estimate of drug-likeness (QED) is 0.400. The van der Waals surface area contributed by atoms with Crippen molar-refractivity contribution >= 4 is 35.0 Å². The lowest BCUT2D eigenvalue weighted by Crippen LogP contribution is -2.14. The minimum atomic E-state index is -0.122. The Balaban J connectivity index is 1.53. The van der Waals surface area contributed by atoms with Crippen LogP contribution in [0.5, 0.6) is 0 Å². The number of aryl methyl sites for hydroxylation is 1. The molecule has 4 aromatic rings. The van der Waals surface area contributed by atoms with E-state index in [4.69, 9.17) is 11.6 Å². The summed E-state index contributed by atoms with van der Waals surface area (Å²) in [7, 11) is 0. The Morgan fingerprint density at radius 1 is 1.03 bits per heavy atom. The van der Waals surface area contributed by atoms with E-state index in [2.05, 4.69) is 15.4 Å². The van der Waals surface area contributed by atoms with Crippen molar-refractivity contribution in [3.63, 3.8) is 0 Å². The molecule has 0 fully saturated rings.